The molecule has 1 atom stereocenters. The van der Waals surface area contributed by atoms with Crippen LogP contribution < -0.4 is 0 Å². The highest BCUT2D eigenvalue weighted by Crippen LogP contribution is 2.38. The van der Waals surface area contributed by atoms with E-state index in [1.165, 1.54) is 5.56 Å². The lowest BCUT2D eigenvalue weighted by atomic mass is 9.79. The number of piperidine rings is 1. The minimum Gasteiger partial charge on any atom is -0.439 e. The number of hydrogen-bond acceptors (Lipinski definition) is 4. The third-order valence-electron chi connectivity index (χ3n) is 7.59. The molecule has 0 aliphatic carbocycles. The second-order valence-corrected chi connectivity index (χ2v) is 10.2. The molecule has 1 spiro atoms. The van der Waals surface area contributed by atoms with Gasteiger partial charge in [0.1, 0.15) is 0 Å². The first kappa shape index (κ1) is 22.0. The van der Waals surface area contributed by atoms with E-state index in [1.807, 2.05) is 41.3 Å². The van der Waals surface area contributed by atoms with Crippen molar-refractivity contribution in [1.29, 1.82) is 0 Å². The summed E-state index contributed by atoms with van der Waals surface area (Å²) in [4.78, 5) is 32.3. The van der Waals surface area contributed by atoms with Gasteiger partial charge < -0.3 is 9.64 Å². The van der Waals surface area contributed by atoms with Crippen LogP contribution in [-0.2, 0) is 22.6 Å². The van der Waals surface area contributed by atoms with Crippen LogP contribution in [0.2, 0.25) is 0 Å². The Labute approximate surface area is 196 Å². The molecule has 5 rings (SSSR count). The number of carbonyl (C=O) groups excluding carboxylic acids is 2. The third-order valence-corrected chi connectivity index (χ3v) is 7.59. The Morgan fingerprint density at radius 1 is 0.848 bits per heavy atom. The first-order valence-corrected chi connectivity index (χ1v) is 12.0. The molecule has 6 nitrogen and oxygen atoms in total. The van der Waals surface area contributed by atoms with E-state index >= 15 is 0 Å². The maximum Gasteiger partial charge on any atom is 0.410 e. The Morgan fingerprint density at radius 3 is 2.09 bits per heavy atom. The summed E-state index contributed by atoms with van der Waals surface area (Å²) in [6.45, 7) is 7.16. The lowest BCUT2D eigenvalue weighted by Crippen LogP contribution is -2.49. The highest BCUT2D eigenvalue weighted by Gasteiger charge is 2.52. The van der Waals surface area contributed by atoms with E-state index in [0.29, 0.717) is 32.6 Å². The first-order chi connectivity index (χ1) is 15.9. The molecule has 174 valence electrons. The second-order valence-electron chi connectivity index (χ2n) is 10.2. The van der Waals surface area contributed by atoms with Crippen LogP contribution in [0.4, 0.5) is 4.79 Å². The summed E-state index contributed by atoms with van der Waals surface area (Å²) in [5.74, 6) is 0.219. The zero-order valence-electron chi connectivity index (χ0n) is 19.4. The standard InChI is InChI=1S/C27H33N3O3/c1-26(12-15-28(16-13-26)18-22-8-4-2-5-9-22)24(31)29-17-14-27(20-29)21-30(25(32)33-27)19-23-10-6-3-7-11-23/h2-11H,12-21H2,1H3/t27-/m0/s1. The molecule has 3 fully saturated rings. The SMILES string of the molecule is CC1(C(=O)N2CC[C@@]3(CN(Cc4ccccc4)C(=O)O3)C2)CCN(Cc2ccccc2)CC1. The van der Waals surface area contributed by atoms with Crippen molar-refractivity contribution in [2.45, 2.75) is 44.9 Å². The number of nitrogens with zero attached hydrogens (tertiary/aromatic N) is 3. The van der Waals surface area contributed by atoms with Gasteiger partial charge in [0.15, 0.2) is 5.60 Å². The van der Waals surface area contributed by atoms with Gasteiger partial charge in [-0.15, -0.1) is 0 Å². The molecule has 0 bridgehead atoms. The highest BCUT2D eigenvalue weighted by atomic mass is 16.6. The molecule has 3 aliphatic rings. The number of amides is 2. The van der Waals surface area contributed by atoms with E-state index in [-0.39, 0.29) is 17.4 Å². The van der Waals surface area contributed by atoms with E-state index in [9.17, 15) is 9.59 Å². The maximum absolute atomic E-state index is 13.5. The fourth-order valence-corrected chi connectivity index (χ4v) is 5.49. The minimum atomic E-state index is -0.564. The van der Waals surface area contributed by atoms with Crippen LogP contribution in [0, 0.1) is 5.41 Å². The molecule has 2 aromatic rings. The summed E-state index contributed by atoms with van der Waals surface area (Å²) >= 11 is 0. The monoisotopic (exact) mass is 447 g/mol. The van der Waals surface area contributed by atoms with Crippen molar-refractivity contribution in [1.82, 2.24) is 14.7 Å². The van der Waals surface area contributed by atoms with Gasteiger partial charge >= 0.3 is 6.09 Å². The van der Waals surface area contributed by atoms with E-state index in [1.54, 1.807) is 4.90 Å². The van der Waals surface area contributed by atoms with Crippen molar-refractivity contribution in [2.75, 3.05) is 32.7 Å². The van der Waals surface area contributed by atoms with Crippen LogP contribution in [0.3, 0.4) is 0 Å². The smallest absolute Gasteiger partial charge is 0.410 e. The van der Waals surface area contributed by atoms with E-state index in [0.717, 1.165) is 38.0 Å². The predicted molar refractivity (Wildman–Crippen MR) is 126 cm³/mol. The van der Waals surface area contributed by atoms with Gasteiger partial charge in [-0.05, 0) is 37.1 Å². The number of hydrogen-bond donors (Lipinski definition) is 0. The number of ether oxygens (including phenoxy) is 1. The lowest BCUT2D eigenvalue weighted by molar-refractivity contribution is -0.143. The van der Waals surface area contributed by atoms with Gasteiger partial charge in [-0.3, -0.25) is 14.6 Å². The molecule has 0 radical (unpaired) electrons. The molecular weight excluding hydrogens is 414 g/mol. The van der Waals surface area contributed by atoms with Gasteiger partial charge in [0.05, 0.1) is 13.1 Å². The molecule has 3 saturated heterocycles. The summed E-state index contributed by atoms with van der Waals surface area (Å²) in [5.41, 5.74) is 1.50. The van der Waals surface area contributed by atoms with Gasteiger partial charge in [-0.2, -0.15) is 0 Å². The predicted octanol–water partition coefficient (Wildman–Crippen LogP) is 3.91. The summed E-state index contributed by atoms with van der Waals surface area (Å²) in [5, 5.41) is 0. The Hall–Kier alpha value is -2.86. The topological polar surface area (TPSA) is 53.1 Å². The first-order valence-electron chi connectivity index (χ1n) is 12.0. The van der Waals surface area contributed by atoms with Crippen molar-refractivity contribution < 1.29 is 14.3 Å². The number of likely N-dealkylation sites (tertiary alicyclic amines) is 2. The van der Waals surface area contributed by atoms with Crippen LogP contribution in [-0.4, -0.2) is 65.0 Å². The van der Waals surface area contributed by atoms with Gasteiger partial charge in [0.25, 0.3) is 0 Å². The van der Waals surface area contributed by atoms with Gasteiger partial charge in [-0.1, -0.05) is 67.6 Å². The zero-order chi connectivity index (χ0) is 22.9. The second kappa shape index (κ2) is 8.82. The van der Waals surface area contributed by atoms with E-state index in [4.69, 9.17) is 4.74 Å². The number of rotatable bonds is 5. The Balaban J connectivity index is 1.17. The molecule has 3 aliphatic heterocycles. The van der Waals surface area contributed by atoms with Crippen LogP contribution in [0.25, 0.3) is 0 Å². The molecule has 0 aromatic heterocycles. The lowest BCUT2D eigenvalue weighted by Gasteiger charge is -2.40. The summed E-state index contributed by atoms with van der Waals surface area (Å²) in [6, 6.07) is 20.5. The molecule has 2 amide bonds. The normalized spacial score (nSPS) is 24.9. The molecule has 3 heterocycles. The maximum atomic E-state index is 13.5. The summed E-state index contributed by atoms with van der Waals surface area (Å²) in [6.07, 6.45) is 2.17. The van der Waals surface area contributed by atoms with Crippen LogP contribution in [0.1, 0.15) is 37.3 Å². The van der Waals surface area contributed by atoms with Crippen LogP contribution >= 0.6 is 0 Å². The van der Waals surface area contributed by atoms with Crippen molar-refractivity contribution in [3.63, 3.8) is 0 Å². The zero-order valence-corrected chi connectivity index (χ0v) is 19.4. The van der Waals surface area contributed by atoms with E-state index < -0.39 is 5.60 Å². The third kappa shape index (κ3) is 4.62. The highest BCUT2D eigenvalue weighted by molar-refractivity contribution is 5.83. The van der Waals surface area contributed by atoms with Crippen LogP contribution in [0.15, 0.2) is 60.7 Å². The van der Waals surface area contributed by atoms with Gasteiger partial charge in [-0.25, -0.2) is 4.79 Å². The number of carbonyl (C=O) groups is 2. The van der Waals surface area contributed by atoms with Gasteiger partial charge in [0.2, 0.25) is 5.91 Å². The summed E-state index contributed by atoms with van der Waals surface area (Å²) in [7, 11) is 0. The molecule has 0 N–H and O–H groups in total. The molecular formula is C27H33N3O3. The average Bonchev–Trinajstić information content (AvgIpc) is 3.38. The van der Waals surface area contributed by atoms with E-state index in [2.05, 4.69) is 36.1 Å². The largest absolute Gasteiger partial charge is 0.439 e. The molecule has 33 heavy (non-hydrogen) atoms. The average molecular weight is 448 g/mol. The quantitative estimate of drug-likeness (QED) is 0.697. The van der Waals surface area contributed by atoms with Gasteiger partial charge in [0, 0.05) is 31.5 Å². The minimum absolute atomic E-state index is 0.219. The van der Waals surface area contributed by atoms with Crippen molar-refractivity contribution in [2.24, 2.45) is 5.41 Å². The fourth-order valence-electron chi connectivity index (χ4n) is 5.49. The summed E-state index contributed by atoms with van der Waals surface area (Å²) < 4.78 is 5.86. The molecule has 0 saturated carbocycles. The molecule has 6 heteroatoms. The van der Waals surface area contributed by atoms with Crippen LogP contribution in [0.5, 0.6) is 0 Å². The molecule has 2 aromatic carbocycles. The number of benzene rings is 2. The Morgan fingerprint density at radius 2 is 1.45 bits per heavy atom. The van der Waals surface area contributed by atoms with Crippen molar-refractivity contribution >= 4 is 12.0 Å². The Bertz CT molecular complexity index is 988. The molecule has 0 unspecified atom stereocenters. The fraction of sp³-hybridized carbons (Fsp3) is 0.481. The van der Waals surface area contributed by atoms with Crippen molar-refractivity contribution in [3.05, 3.63) is 71.8 Å². The Kier molecular flexibility index (Phi) is 5.87. The van der Waals surface area contributed by atoms with Crippen molar-refractivity contribution in [3.8, 4) is 0 Å².